The Kier molecular flexibility index (Phi) is 4.47. The van der Waals surface area contributed by atoms with E-state index in [1.807, 2.05) is 6.07 Å². The van der Waals surface area contributed by atoms with Crippen LogP contribution in [0.15, 0.2) is 22.7 Å². The molecule has 1 saturated heterocycles. The SMILES string of the molecule is CCCN1CCC(N)C1c1ccc(Cl)c(Br)c1. The molecule has 0 radical (unpaired) electrons. The van der Waals surface area contributed by atoms with E-state index in [-0.39, 0.29) is 6.04 Å². The third-order valence-electron chi connectivity index (χ3n) is 3.34. The zero-order chi connectivity index (χ0) is 12.4. The van der Waals surface area contributed by atoms with Gasteiger partial charge < -0.3 is 5.73 Å². The molecule has 0 amide bonds. The molecule has 94 valence electrons. The van der Waals surface area contributed by atoms with E-state index in [4.69, 9.17) is 17.3 Å². The molecule has 1 heterocycles. The van der Waals surface area contributed by atoms with Crippen molar-refractivity contribution in [3.8, 4) is 0 Å². The van der Waals surface area contributed by atoms with Crippen LogP contribution < -0.4 is 5.73 Å². The Morgan fingerprint density at radius 3 is 2.94 bits per heavy atom. The van der Waals surface area contributed by atoms with Crippen LogP contribution in [0.4, 0.5) is 0 Å². The zero-order valence-corrected chi connectivity index (χ0v) is 12.3. The highest BCUT2D eigenvalue weighted by Crippen LogP contribution is 2.34. The molecule has 2 nitrogen and oxygen atoms in total. The summed E-state index contributed by atoms with van der Waals surface area (Å²) in [7, 11) is 0. The second-order valence-electron chi connectivity index (χ2n) is 4.61. The molecule has 4 heteroatoms. The molecule has 1 aromatic rings. The van der Waals surface area contributed by atoms with Crippen LogP contribution in [0.1, 0.15) is 31.4 Å². The first kappa shape index (κ1) is 13.3. The molecular formula is C13H18BrClN2. The summed E-state index contributed by atoms with van der Waals surface area (Å²) in [6, 6.07) is 6.70. The Balaban J connectivity index is 2.26. The first-order chi connectivity index (χ1) is 8.13. The topological polar surface area (TPSA) is 29.3 Å². The van der Waals surface area contributed by atoms with Gasteiger partial charge in [-0.2, -0.15) is 0 Å². The Labute approximate surface area is 116 Å². The fourth-order valence-corrected chi connectivity index (χ4v) is 3.09. The number of rotatable bonds is 3. The van der Waals surface area contributed by atoms with Crippen molar-refractivity contribution in [2.75, 3.05) is 13.1 Å². The Morgan fingerprint density at radius 1 is 1.53 bits per heavy atom. The summed E-state index contributed by atoms with van der Waals surface area (Å²) in [5, 5.41) is 0.752. The van der Waals surface area contributed by atoms with E-state index in [2.05, 4.69) is 39.9 Å². The first-order valence-corrected chi connectivity index (χ1v) is 7.25. The van der Waals surface area contributed by atoms with E-state index in [1.54, 1.807) is 0 Å². The zero-order valence-electron chi connectivity index (χ0n) is 10.00. The lowest BCUT2D eigenvalue weighted by molar-refractivity contribution is 0.248. The molecule has 0 spiro atoms. The van der Waals surface area contributed by atoms with Crippen molar-refractivity contribution in [1.82, 2.24) is 4.90 Å². The summed E-state index contributed by atoms with van der Waals surface area (Å²) in [5.74, 6) is 0. The van der Waals surface area contributed by atoms with Gasteiger partial charge in [0.15, 0.2) is 0 Å². The molecule has 0 bridgehead atoms. The molecule has 1 aliphatic rings. The maximum absolute atomic E-state index is 6.23. The highest BCUT2D eigenvalue weighted by Gasteiger charge is 2.32. The molecule has 0 aromatic heterocycles. The Hall–Kier alpha value is -0.0900. The van der Waals surface area contributed by atoms with Gasteiger partial charge in [0.2, 0.25) is 0 Å². The van der Waals surface area contributed by atoms with Crippen molar-refractivity contribution in [1.29, 1.82) is 0 Å². The molecule has 0 aliphatic carbocycles. The molecule has 2 atom stereocenters. The van der Waals surface area contributed by atoms with Gasteiger partial charge in [-0.05, 0) is 53.0 Å². The van der Waals surface area contributed by atoms with Crippen molar-refractivity contribution in [2.24, 2.45) is 5.73 Å². The summed E-state index contributed by atoms with van der Waals surface area (Å²) in [4.78, 5) is 2.47. The maximum Gasteiger partial charge on any atom is 0.0548 e. The molecule has 1 fully saturated rings. The maximum atomic E-state index is 6.23. The lowest BCUT2D eigenvalue weighted by Gasteiger charge is -2.27. The van der Waals surface area contributed by atoms with E-state index in [0.717, 1.165) is 35.4 Å². The van der Waals surface area contributed by atoms with Crippen molar-refractivity contribution >= 4 is 27.5 Å². The van der Waals surface area contributed by atoms with Crippen molar-refractivity contribution in [2.45, 2.75) is 31.8 Å². The predicted octanol–water partition coefficient (Wildman–Crippen LogP) is 3.59. The minimum absolute atomic E-state index is 0.231. The van der Waals surface area contributed by atoms with Gasteiger partial charge >= 0.3 is 0 Å². The number of hydrogen-bond acceptors (Lipinski definition) is 2. The minimum Gasteiger partial charge on any atom is -0.326 e. The second kappa shape index (κ2) is 5.70. The Bertz CT molecular complexity index is 395. The summed E-state index contributed by atoms with van der Waals surface area (Å²) in [6.45, 7) is 4.41. The third-order valence-corrected chi connectivity index (χ3v) is 4.56. The predicted molar refractivity (Wildman–Crippen MR) is 76.3 cm³/mol. The molecule has 2 N–H and O–H groups in total. The van der Waals surface area contributed by atoms with E-state index < -0.39 is 0 Å². The highest BCUT2D eigenvalue weighted by atomic mass is 79.9. The highest BCUT2D eigenvalue weighted by molar-refractivity contribution is 9.10. The Morgan fingerprint density at radius 2 is 2.29 bits per heavy atom. The van der Waals surface area contributed by atoms with Crippen molar-refractivity contribution < 1.29 is 0 Å². The lowest BCUT2D eigenvalue weighted by Crippen LogP contribution is -2.32. The molecule has 1 aliphatic heterocycles. The summed E-state index contributed by atoms with van der Waals surface area (Å²) >= 11 is 9.51. The summed E-state index contributed by atoms with van der Waals surface area (Å²) in [5.41, 5.74) is 7.49. The summed E-state index contributed by atoms with van der Waals surface area (Å²) in [6.07, 6.45) is 2.24. The van der Waals surface area contributed by atoms with Crippen LogP contribution in [0.25, 0.3) is 0 Å². The first-order valence-electron chi connectivity index (χ1n) is 6.08. The van der Waals surface area contributed by atoms with E-state index in [0.29, 0.717) is 6.04 Å². The van der Waals surface area contributed by atoms with Gasteiger partial charge in [0.05, 0.1) is 5.02 Å². The van der Waals surface area contributed by atoms with Gasteiger partial charge in [-0.25, -0.2) is 0 Å². The van der Waals surface area contributed by atoms with Gasteiger partial charge in [-0.3, -0.25) is 4.90 Å². The monoisotopic (exact) mass is 316 g/mol. The average molecular weight is 318 g/mol. The molecule has 17 heavy (non-hydrogen) atoms. The fraction of sp³-hybridized carbons (Fsp3) is 0.538. The number of likely N-dealkylation sites (tertiary alicyclic amines) is 1. The standard InChI is InChI=1S/C13H18BrClN2/c1-2-6-17-7-5-12(16)13(17)9-3-4-11(15)10(14)8-9/h3-4,8,12-13H,2,5-7,16H2,1H3. The third kappa shape index (κ3) is 2.84. The van der Waals surface area contributed by atoms with Crippen LogP contribution in [0.2, 0.25) is 5.02 Å². The van der Waals surface area contributed by atoms with E-state index >= 15 is 0 Å². The van der Waals surface area contributed by atoms with Crippen LogP contribution in [-0.2, 0) is 0 Å². The van der Waals surface area contributed by atoms with Crippen molar-refractivity contribution in [3.05, 3.63) is 33.3 Å². The average Bonchev–Trinajstić information content (AvgIpc) is 2.65. The number of hydrogen-bond donors (Lipinski definition) is 1. The summed E-state index contributed by atoms with van der Waals surface area (Å²) < 4.78 is 0.951. The van der Waals surface area contributed by atoms with E-state index in [1.165, 1.54) is 5.56 Å². The van der Waals surface area contributed by atoms with E-state index in [9.17, 15) is 0 Å². The number of nitrogens with zero attached hydrogens (tertiary/aromatic N) is 1. The number of halogens is 2. The van der Waals surface area contributed by atoms with Crippen LogP contribution in [-0.4, -0.2) is 24.0 Å². The fourth-order valence-electron chi connectivity index (χ4n) is 2.58. The minimum atomic E-state index is 0.231. The van der Waals surface area contributed by atoms with Gasteiger partial charge in [-0.15, -0.1) is 0 Å². The van der Waals surface area contributed by atoms with Crippen molar-refractivity contribution in [3.63, 3.8) is 0 Å². The number of nitrogens with two attached hydrogens (primary N) is 1. The van der Waals surface area contributed by atoms with Gasteiger partial charge in [0.1, 0.15) is 0 Å². The lowest BCUT2D eigenvalue weighted by atomic mass is 10.0. The van der Waals surface area contributed by atoms with Crippen LogP contribution in [0, 0.1) is 0 Å². The molecule has 2 rings (SSSR count). The van der Waals surface area contributed by atoms with Crippen LogP contribution in [0.5, 0.6) is 0 Å². The number of benzene rings is 1. The van der Waals surface area contributed by atoms with Crippen LogP contribution in [0.3, 0.4) is 0 Å². The normalized spacial score (nSPS) is 25.4. The molecule has 0 saturated carbocycles. The van der Waals surface area contributed by atoms with Gasteiger partial charge in [-0.1, -0.05) is 24.6 Å². The largest absolute Gasteiger partial charge is 0.326 e. The molecule has 2 unspecified atom stereocenters. The van der Waals surface area contributed by atoms with Crippen LogP contribution >= 0.6 is 27.5 Å². The molecule has 1 aromatic carbocycles. The van der Waals surface area contributed by atoms with Gasteiger partial charge in [0, 0.05) is 23.1 Å². The quantitative estimate of drug-likeness (QED) is 0.923. The smallest absolute Gasteiger partial charge is 0.0548 e. The van der Waals surface area contributed by atoms with Gasteiger partial charge in [0.25, 0.3) is 0 Å². The second-order valence-corrected chi connectivity index (χ2v) is 5.87. The molecular weight excluding hydrogens is 300 g/mol.